The lowest BCUT2D eigenvalue weighted by molar-refractivity contribution is 0.0491. The Bertz CT molecular complexity index is 582. The van der Waals surface area contributed by atoms with Gasteiger partial charge >= 0.3 is 6.03 Å². The van der Waals surface area contributed by atoms with Gasteiger partial charge in [0.1, 0.15) is 5.54 Å². The molecule has 0 aromatic heterocycles. The second-order valence-corrected chi connectivity index (χ2v) is 5.61. The SMILES string of the molecule is O=C(NC(c1ccccc1)c1ccccc1)NC(CO)(CO)CO. The van der Waals surface area contributed by atoms with Crippen molar-refractivity contribution in [1.29, 1.82) is 0 Å². The summed E-state index contributed by atoms with van der Waals surface area (Å²) in [5, 5.41) is 33.3. The predicted molar refractivity (Wildman–Crippen MR) is 90.4 cm³/mol. The number of aliphatic hydroxyl groups excluding tert-OH is 3. The number of carbonyl (C=O) groups is 1. The van der Waals surface area contributed by atoms with Crippen LogP contribution in [0.5, 0.6) is 0 Å². The lowest BCUT2D eigenvalue weighted by Crippen LogP contribution is -2.59. The maximum absolute atomic E-state index is 12.3. The Kier molecular flexibility index (Phi) is 6.31. The molecule has 0 saturated heterocycles. The number of carbonyl (C=O) groups excluding carboxylic acids is 1. The van der Waals surface area contributed by atoms with Crippen molar-refractivity contribution in [3.05, 3.63) is 71.8 Å². The minimum Gasteiger partial charge on any atom is -0.394 e. The molecule has 0 heterocycles. The number of hydrogen-bond donors (Lipinski definition) is 5. The number of hydrogen-bond acceptors (Lipinski definition) is 4. The molecule has 5 N–H and O–H groups in total. The second-order valence-electron chi connectivity index (χ2n) is 5.61. The van der Waals surface area contributed by atoms with Crippen LogP contribution in [-0.2, 0) is 0 Å². The Morgan fingerprint density at radius 1 is 0.833 bits per heavy atom. The number of nitrogens with one attached hydrogen (secondary N) is 2. The molecule has 128 valence electrons. The van der Waals surface area contributed by atoms with E-state index in [2.05, 4.69) is 10.6 Å². The average molecular weight is 330 g/mol. The van der Waals surface area contributed by atoms with E-state index in [1.165, 1.54) is 0 Å². The molecule has 0 atom stereocenters. The highest BCUT2D eigenvalue weighted by atomic mass is 16.3. The largest absolute Gasteiger partial charge is 0.394 e. The number of rotatable bonds is 7. The second kappa shape index (κ2) is 8.44. The molecule has 0 aliphatic carbocycles. The highest BCUT2D eigenvalue weighted by Gasteiger charge is 2.31. The van der Waals surface area contributed by atoms with Crippen molar-refractivity contribution in [3.8, 4) is 0 Å². The van der Waals surface area contributed by atoms with Gasteiger partial charge in [-0.25, -0.2) is 4.79 Å². The summed E-state index contributed by atoms with van der Waals surface area (Å²) in [7, 11) is 0. The molecule has 0 saturated carbocycles. The molecule has 0 spiro atoms. The van der Waals surface area contributed by atoms with Crippen LogP contribution in [0.15, 0.2) is 60.7 Å². The van der Waals surface area contributed by atoms with Gasteiger partial charge in [0.2, 0.25) is 0 Å². The molecule has 0 unspecified atom stereocenters. The van der Waals surface area contributed by atoms with E-state index in [0.29, 0.717) is 0 Å². The topological polar surface area (TPSA) is 102 Å². The summed E-state index contributed by atoms with van der Waals surface area (Å²) < 4.78 is 0. The fraction of sp³-hybridized carbons (Fsp3) is 0.278. The Balaban J connectivity index is 2.22. The van der Waals surface area contributed by atoms with Crippen LogP contribution in [0.3, 0.4) is 0 Å². The zero-order valence-corrected chi connectivity index (χ0v) is 13.2. The predicted octanol–water partition coefficient (Wildman–Crippen LogP) is 0.791. The normalized spacial score (nSPS) is 11.3. The Morgan fingerprint density at radius 3 is 1.62 bits per heavy atom. The van der Waals surface area contributed by atoms with Crippen LogP contribution in [0.25, 0.3) is 0 Å². The summed E-state index contributed by atoms with van der Waals surface area (Å²) in [5.74, 6) is 0. The fourth-order valence-corrected chi connectivity index (χ4v) is 2.33. The van der Waals surface area contributed by atoms with Gasteiger partial charge in [-0.15, -0.1) is 0 Å². The Labute approximate surface area is 140 Å². The van der Waals surface area contributed by atoms with Gasteiger partial charge in [-0.2, -0.15) is 0 Å². The van der Waals surface area contributed by atoms with Gasteiger partial charge in [0, 0.05) is 0 Å². The summed E-state index contributed by atoms with van der Waals surface area (Å²) in [4.78, 5) is 12.3. The molecule has 2 rings (SSSR count). The molecule has 0 radical (unpaired) electrons. The molecule has 0 fully saturated rings. The first-order chi connectivity index (χ1) is 11.6. The van der Waals surface area contributed by atoms with Crippen molar-refractivity contribution in [2.75, 3.05) is 19.8 Å². The van der Waals surface area contributed by atoms with Gasteiger partial charge in [0.15, 0.2) is 0 Å². The maximum Gasteiger partial charge on any atom is 0.316 e. The van der Waals surface area contributed by atoms with E-state index in [4.69, 9.17) is 0 Å². The van der Waals surface area contributed by atoms with Crippen molar-refractivity contribution in [2.24, 2.45) is 0 Å². The molecule has 0 bridgehead atoms. The fourth-order valence-electron chi connectivity index (χ4n) is 2.33. The molecule has 6 heteroatoms. The number of amides is 2. The van der Waals surface area contributed by atoms with Crippen molar-refractivity contribution in [2.45, 2.75) is 11.6 Å². The first-order valence-corrected chi connectivity index (χ1v) is 7.65. The Morgan fingerprint density at radius 2 is 1.25 bits per heavy atom. The van der Waals surface area contributed by atoms with E-state index in [1.807, 2.05) is 60.7 Å². The molecule has 2 amide bonds. The highest BCUT2D eigenvalue weighted by molar-refractivity contribution is 5.76. The molecule has 2 aromatic carbocycles. The van der Waals surface area contributed by atoms with Crippen LogP contribution in [0.1, 0.15) is 17.2 Å². The van der Waals surface area contributed by atoms with Crippen LogP contribution in [0, 0.1) is 0 Å². The smallest absolute Gasteiger partial charge is 0.316 e. The van der Waals surface area contributed by atoms with Crippen molar-refractivity contribution in [3.63, 3.8) is 0 Å². The van der Waals surface area contributed by atoms with Gasteiger partial charge in [-0.3, -0.25) is 0 Å². The minimum atomic E-state index is -1.47. The zero-order chi connectivity index (χ0) is 17.4. The lowest BCUT2D eigenvalue weighted by Gasteiger charge is -2.30. The maximum atomic E-state index is 12.3. The Hall–Kier alpha value is -2.41. The number of urea groups is 1. The summed E-state index contributed by atoms with van der Waals surface area (Å²) in [6.07, 6.45) is 0. The van der Waals surface area contributed by atoms with Crippen molar-refractivity contribution < 1.29 is 20.1 Å². The van der Waals surface area contributed by atoms with E-state index in [-0.39, 0.29) is 0 Å². The van der Waals surface area contributed by atoms with E-state index in [9.17, 15) is 20.1 Å². The van der Waals surface area contributed by atoms with Gasteiger partial charge < -0.3 is 26.0 Å². The molecule has 0 aliphatic heterocycles. The molecular formula is C18H22N2O4. The summed E-state index contributed by atoms with van der Waals surface area (Å²) in [5.41, 5.74) is 0.310. The lowest BCUT2D eigenvalue weighted by atomic mass is 9.98. The minimum absolute atomic E-state index is 0.402. The van der Waals surface area contributed by atoms with E-state index < -0.39 is 37.4 Å². The van der Waals surface area contributed by atoms with Crippen LogP contribution >= 0.6 is 0 Å². The number of aliphatic hydroxyl groups is 3. The highest BCUT2D eigenvalue weighted by Crippen LogP contribution is 2.21. The van der Waals surface area contributed by atoms with E-state index in [0.717, 1.165) is 11.1 Å². The average Bonchev–Trinajstić information content (AvgIpc) is 2.66. The first-order valence-electron chi connectivity index (χ1n) is 7.65. The zero-order valence-electron chi connectivity index (χ0n) is 13.2. The standard InChI is InChI=1S/C18H22N2O4/c21-11-18(12-22,13-23)20-17(24)19-16(14-7-3-1-4-8-14)15-9-5-2-6-10-15/h1-10,16,21-23H,11-13H2,(H2,19,20,24). The van der Waals surface area contributed by atoms with E-state index in [1.54, 1.807) is 0 Å². The van der Waals surface area contributed by atoms with E-state index >= 15 is 0 Å². The summed E-state index contributed by atoms with van der Waals surface area (Å²) in [6.45, 7) is -1.72. The van der Waals surface area contributed by atoms with Crippen LogP contribution in [0.2, 0.25) is 0 Å². The van der Waals surface area contributed by atoms with Crippen molar-refractivity contribution in [1.82, 2.24) is 10.6 Å². The summed E-state index contributed by atoms with van der Waals surface area (Å²) >= 11 is 0. The monoisotopic (exact) mass is 330 g/mol. The van der Waals surface area contributed by atoms with Crippen LogP contribution in [-0.4, -0.2) is 46.7 Å². The van der Waals surface area contributed by atoms with Gasteiger partial charge in [-0.1, -0.05) is 60.7 Å². The molecular weight excluding hydrogens is 308 g/mol. The van der Waals surface area contributed by atoms with Crippen LogP contribution < -0.4 is 10.6 Å². The third-order valence-corrected chi connectivity index (χ3v) is 3.83. The first kappa shape index (κ1) is 17.9. The van der Waals surface area contributed by atoms with Crippen LogP contribution in [0.4, 0.5) is 4.79 Å². The third kappa shape index (κ3) is 4.32. The van der Waals surface area contributed by atoms with Gasteiger partial charge in [-0.05, 0) is 11.1 Å². The quantitative estimate of drug-likeness (QED) is 0.518. The number of benzene rings is 2. The van der Waals surface area contributed by atoms with Gasteiger partial charge in [0.25, 0.3) is 0 Å². The van der Waals surface area contributed by atoms with Crippen molar-refractivity contribution >= 4 is 6.03 Å². The molecule has 6 nitrogen and oxygen atoms in total. The molecule has 2 aromatic rings. The summed E-state index contributed by atoms with van der Waals surface area (Å²) in [6, 6.07) is 17.9. The molecule has 24 heavy (non-hydrogen) atoms. The van der Waals surface area contributed by atoms with Gasteiger partial charge in [0.05, 0.1) is 25.9 Å². The molecule has 0 aliphatic rings. The third-order valence-electron chi connectivity index (χ3n) is 3.83.